The molecule has 0 bridgehead atoms. The monoisotopic (exact) mass is 235 g/mol. The Morgan fingerprint density at radius 2 is 1.88 bits per heavy atom. The lowest BCUT2D eigenvalue weighted by atomic mass is 10.1. The molecule has 4 N–H and O–H groups in total. The van der Waals surface area contributed by atoms with Gasteiger partial charge in [0.25, 0.3) is 0 Å². The summed E-state index contributed by atoms with van der Waals surface area (Å²) >= 11 is 0. The number of benzene rings is 1. The first-order valence-corrected chi connectivity index (χ1v) is 4.22. The second-order valence-corrected chi connectivity index (χ2v) is 3.00. The molecular formula is C9H9F4N3. The zero-order valence-electron chi connectivity index (χ0n) is 8.05. The van der Waals surface area contributed by atoms with Crippen LogP contribution in [-0.4, -0.2) is 5.96 Å². The van der Waals surface area contributed by atoms with E-state index < -0.39 is 35.6 Å². The molecule has 88 valence electrons. The molecule has 16 heavy (non-hydrogen) atoms. The van der Waals surface area contributed by atoms with E-state index in [9.17, 15) is 17.6 Å². The summed E-state index contributed by atoms with van der Waals surface area (Å²) in [6, 6.07) is 2.69. The summed E-state index contributed by atoms with van der Waals surface area (Å²) < 4.78 is 50.6. The number of nitrogens with zero attached hydrogens (tertiary/aromatic N) is 1. The molecule has 1 rings (SSSR count). The molecule has 7 heteroatoms. The Balaban J connectivity index is 3.19. The van der Waals surface area contributed by atoms with Gasteiger partial charge in [0, 0.05) is 5.56 Å². The number of aliphatic imine (C=N–C) groups is 1. The number of hydrogen-bond donors (Lipinski definition) is 2. The summed E-state index contributed by atoms with van der Waals surface area (Å²) in [6.07, 6.45) is -4.63. The molecule has 0 aliphatic carbocycles. The van der Waals surface area contributed by atoms with Crippen molar-refractivity contribution in [3.05, 3.63) is 35.1 Å². The Morgan fingerprint density at radius 1 is 1.25 bits per heavy atom. The number of alkyl halides is 3. The van der Waals surface area contributed by atoms with E-state index in [1.165, 1.54) is 0 Å². The van der Waals surface area contributed by atoms with E-state index in [0.717, 1.165) is 18.2 Å². The Morgan fingerprint density at radius 3 is 2.38 bits per heavy atom. The van der Waals surface area contributed by atoms with Crippen LogP contribution in [0.25, 0.3) is 0 Å². The van der Waals surface area contributed by atoms with Gasteiger partial charge in [-0.1, -0.05) is 6.07 Å². The standard InChI is InChI=1S/C9H9F4N3/c10-7-3-1-2-6(9(11,12)13)5(7)4-16-8(14)15/h1-3H,4H2,(H4,14,15,16). The third-order valence-electron chi connectivity index (χ3n) is 1.84. The van der Waals surface area contributed by atoms with Gasteiger partial charge in [-0.05, 0) is 12.1 Å². The van der Waals surface area contributed by atoms with Crippen LogP contribution in [0.1, 0.15) is 11.1 Å². The van der Waals surface area contributed by atoms with E-state index >= 15 is 0 Å². The van der Waals surface area contributed by atoms with Gasteiger partial charge in [0.15, 0.2) is 5.96 Å². The molecule has 0 aromatic heterocycles. The first-order valence-electron chi connectivity index (χ1n) is 4.22. The minimum atomic E-state index is -4.63. The first-order chi connectivity index (χ1) is 7.32. The fourth-order valence-corrected chi connectivity index (χ4v) is 1.16. The van der Waals surface area contributed by atoms with Gasteiger partial charge in [0.2, 0.25) is 0 Å². The lowest BCUT2D eigenvalue weighted by Crippen LogP contribution is -2.23. The lowest BCUT2D eigenvalue weighted by molar-refractivity contribution is -0.138. The smallest absolute Gasteiger partial charge is 0.370 e. The second-order valence-electron chi connectivity index (χ2n) is 3.00. The normalized spacial score (nSPS) is 11.2. The Hall–Kier alpha value is -1.79. The van der Waals surface area contributed by atoms with E-state index in [0.29, 0.717) is 0 Å². The molecule has 0 aliphatic heterocycles. The van der Waals surface area contributed by atoms with Gasteiger partial charge in [-0.2, -0.15) is 13.2 Å². The predicted molar refractivity (Wildman–Crippen MR) is 50.9 cm³/mol. The van der Waals surface area contributed by atoms with Crippen LogP contribution >= 0.6 is 0 Å². The molecule has 0 atom stereocenters. The molecule has 0 radical (unpaired) electrons. The largest absolute Gasteiger partial charge is 0.416 e. The maximum Gasteiger partial charge on any atom is 0.416 e. The third-order valence-corrected chi connectivity index (χ3v) is 1.84. The molecule has 0 amide bonds. The summed E-state index contributed by atoms with van der Waals surface area (Å²) in [5.74, 6) is -1.38. The Bertz CT molecular complexity index is 408. The highest BCUT2D eigenvalue weighted by Gasteiger charge is 2.34. The average molecular weight is 235 g/mol. The SMILES string of the molecule is NC(N)=NCc1c(F)cccc1C(F)(F)F. The predicted octanol–water partition coefficient (Wildman–Crippen LogP) is 1.62. The van der Waals surface area contributed by atoms with Crippen LogP contribution in [0, 0.1) is 5.82 Å². The first kappa shape index (κ1) is 12.3. The van der Waals surface area contributed by atoms with Crippen molar-refractivity contribution in [2.75, 3.05) is 0 Å². The molecule has 0 unspecified atom stereocenters. The average Bonchev–Trinajstić information content (AvgIpc) is 2.13. The van der Waals surface area contributed by atoms with Crippen molar-refractivity contribution in [1.82, 2.24) is 0 Å². The van der Waals surface area contributed by atoms with Crippen molar-refractivity contribution in [2.24, 2.45) is 16.5 Å². The van der Waals surface area contributed by atoms with Crippen molar-refractivity contribution in [3.63, 3.8) is 0 Å². The van der Waals surface area contributed by atoms with E-state index in [-0.39, 0.29) is 0 Å². The van der Waals surface area contributed by atoms with E-state index in [2.05, 4.69) is 4.99 Å². The number of rotatable bonds is 2. The van der Waals surface area contributed by atoms with Crippen LogP contribution in [0.4, 0.5) is 17.6 Å². The third kappa shape index (κ3) is 2.85. The molecule has 1 aromatic carbocycles. The van der Waals surface area contributed by atoms with Crippen molar-refractivity contribution < 1.29 is 17.6 Å². The van der Waals surface area contributed by atoms with E-state index in [1.807, 2.05) is 0 Å². The van der Waals surface area contributed by atoms with Crippen molar-refractivity contribution in [2.45, 2.75) is 12.7 Å². The summed E-state index contributed by atoms with van der Waals surface area (Å²) in [5.41, 5.74) is 8.31. The summed E-state index contributed by atoms with van der Waals surface area (Å²) in [7, 11) is 0. The van der Waals surface area contributed by atoms with Gasteiger partial charge >= 0.3 is 6.18 Å². The molecule has 0 saturated carbocycles. The number of guanidine groups is 1. The Kier molecular flexibility index (Phi) is 3.36. The maximum absolute atomic E-state index is 13.2. The molecule has 1 aromatic rings. The number of nitrogens with two attached hydrogens (primary N) is 2. The fraction of sp³-hybridized carbons (Fsp3) is 0.222. The Labute approximate surface area is 88.8 Å². The molecular weight excluding hydrogens is 226 g/mol. The number of hydrogen-bond acceptors (Lipinski definition) is 1. The molecule has 0 spiro atoms. The molecule has 0 fully saturated rings. The second kappa shape index (κ2) is 4.38. The zero-order chi connectivity index (χ0) is 12.3. The quantitative estimate of drug-likeness (QED) is 0.464. The fourth-order valence-electron chi connectivity index (χ4n) is 1.16. The van der Waals surface area contributed by atoms with Crippen molar-refractivity contribution >= 4 is 5.96 Å². The molecule has 0 aliphatic rings. The van der Waals surface area contributed by atoms with Crippen LogP contribution in [0.15, 0.2) is 23.2 Å². The molecule has 0 heterocycles. The zero-order valence-corrected chi connectivity index (χ0v) is 8.05. The van der Waals surface area contributed by atoms with E-state index in [1.54, 1.807) is 0 Å². The van der Waals surface area contributed by atoms with Crippen LogP contribution in [0.5, 0.6) is 0 Å². The van der Waals surface area contributed by atoms with Gasteiger partial charge in [0.05, 0.1) is 12.1 Å². The van der Waals surface area contributed by atoms with Gasteiger partial charge in [-0.25, -0.2) is 9.38 Å². The molecule has 3 nitrogen and oxygen atoms in total. The van der Waals surface area contributed by atoms with Crippen LogP contribution in [0.3, 0.4) is 0 Å². The van der Waals surface area contributed by atoms with Crippen LogP contribution in [0.2, 0.25) is 0 Å². The summed E-state index contributed by atoms with van der Waals surface area (Å²) in [6.45, 7) is -0.538. The van der Waals surface area contributed by atoms with Gasteiger partial charge in [0.1, 0.15) is 5.82 Å². The highest BCUT2D eigenvalue weighted by Crippen LogP contribution is 2.33. The molecule has 0 saturated heterocycles. The van der Waals surface area contributed by atoms with E-state index in [4.69, 9.17) is 11.5 Å². The van der Waals surface area contributed by atoms with Crippen LogP contribution in [-0.2, 0) is 12.7 Å². The summed E-state index contributed by atoms with van der Waals surface area (Å²) in [5, 5.41) is 0. The van der Waals surface area contributed by atoms with Gasteiger partial charge < -0.3 is 11.5 Å². The topological polar surface area (TPSA) is 64.4 Å². The lowest BCUT2D eigenvalue weighted by Gasteiger charge is -2.11. The van der Waals surface area contributed by atoms with Gasteiger partial charge in [-0.15, -0.1) is 0 Å². The highest BCUT2D eigenvalue weighted by molar-refractivity contribution is 5.75. The highest BCUT2D eigenvalue weighted by atomic mass is 19.4. The number of halogens is 4. The van der Waals surface area contributed by atoms with Gasteiger partial charge in [-0.3, -0.25) is 0 Å². The summed E-state index contributed by atoms with van der Waals surface area (Å²) in [4.78, 5) is 3.36. The minimum Gasteiger partial charge on any atom is -0.370 e. The maximum atomic E-state index is 13.2. The van der Waals surface area contributed by atoms with Crippen LogP contribution < -0.4 is 11.5 Å². The van der Waals surface area contributed by atoms with Crippen molar-refractivity contribution in [1.29, 1.82) is 0 Å². The van der Waals surface area contributed by atoms with Crippen molar-refractivity contribution in [3.8, 4) is 0 Å². The minimum absolute atomic E-state index is 0.392.